The first-order valence-corrected chi connectivity index (χ1v) is 7.92. The Balaban J connectivity index is 2.42. The molecule has 2 rings (SSSR count). The van der Waals surface area contributed by atoms with Crippen LogP contribution in [0.3, 0.4) is 0 Å². The predicted octanol–water partition coefficient (Wildman–Crippen LogP) is 5.11. The quantitative estimate of drug-likeness (QED) is 0.808. The Hall–Kier alpha value is -0.830. The summed E-state index contributed by atoms with van der Waals surface area (Å²) < 4.78 is 0. The van der Waals surface area contributed by atoms with Gasteiger partial charge in [0.2, 0.25) is 0 Å². The number of hydrogen-bond donors (Lipinski definition) is 1. The summed E-state index contributed by atoms with van der Waals surface area (Å²) in [5.41, 5.74) is 3.91. The molecule has 0 saturated carbocycles. The van der Waals surface area contributed by atoms with Crippen molar-refractivity contribution in [2.45, 2.75) is 33.2 Å². The smallest absolute Gasteiger partial charge is 0.0676 e. The van der Waals surface area contributed by atoms with Crippen molar-refractivity contribution >= 4 is 22.9 Å². The Bertz CT molecular complexity index is 547. The van der Waals surface area contributed by atoms with Crippen LogP contribution in [-0.4, -0.2) is 6.54 Å². The largest absolute Gasteiger partial charge is 0.306 e. The lowest BCUT2D eigenvalue weighted by atomic mass is 9.98. The zero-order valence-electron chi connectivity index (χ0n) is 11.7. The van der Waals surface area contributed by atoms with Crippen LogP contribution in [0.4, 0.5) is 0 Å². The summed E-state index contributed by atoms with van der Waals surface area (Å²) in [6.07, 6.45) is 1.13. The van der Waals surface area contributed by atoms with E-state index in [2.05, 4.69) is 49.7 Å². The van der Waals surface area contributed by atoms with Crippen molar-refractivity contribution in [1.29, 1.82) is 0 Å². The molecule has 0 fully saturated rings. The van der Waals surface area contributed by atoms with Crippen molar-refractivity contribution in [2.75, 3.05) is 6.54 Å². The van der Waals surface area contributed by atoms with Gasteiger partial charge in [0.1, 0.15) is 0 Å². The minimum Gasteiger partial charge on any atom is -0.306 e. The summed E-state index contributed by atoms with van der Waals surface area (Å²) >= 11 is 7.98. The first-order chi connectivity index (χ1) is 9.13. The molecule has 1 heterocycles. The van der Waals surface area contributed by atoms with Crippen LogP contribution in [0.15, 0.2) is 29.6 Å². The van der Waals surface area contributed by atoms with E-state index in [0.717, 1.165) is 18.0 Å². The van der Waals surface area contributed by atoms with E-state index >= 15 is 0 Å². The molecular formula is C16H20ClNS. The van der Waals surface area contributed by atoms with Crippen molar-refractivity contribution in [3.05, 3.63) is 56.2 Å². The minimum atomic E-state index is 0.249. The fourth-order valence-corrected chi connectivity index (χ4v) is 3.43. The highest BCUT2D eigenvalue weighted by Crippen LogP contribution is 2.32. The third-order valence-corrected chi connectivity index (χ3v) is 4.63. The predicted molar refractivity (Wildman–Crippen MR) is 85.4 cm³/mol. The molecular weight excluding hydrogens is 274 g/mol. The first kappa shape index (κ1) is 14.6. The molecule has 0 aliphatic carbocycles. The molecule has 1 N–H and O–H groups in total. The third-order valence-electron chi connectivity index (χ3n) is 3.31. The summed E-state index contributed by atoms with van der Waals surface area (Å²) in [7, 11) is 0. The van der Waals surface area contributed by atoms with Crippen molar-refractivity contribution in [3.8, 4) is 0 Å². The number of halogens is 1. The van der Waals surface area contributed by atoms with Gasteiger partial charge in [0, 0.05) is 9.90 Å². The summed E-state index contributed by atoms with van der Waals surface area (Å²) in [5, 5.41) is 6.61. The summed E-state index contributed by atoms with van der Waals surface area (Å²) in [6.45, 7) is 7.52. The molecule has 1 aromatic carbocycles. The molecule has 19 heavy (non-hydrogen) atoms. The fourth-order valence-electron chi connectivity index (χ4n) is 2.24. The maximum absolute atomic E-state index is 6.17. The van der Waals surface area contributed by atoms with E-state index in [1.54, 1.807) is 0 Å². The zero-order valence-corrected chi connectivity index (χ0v) is 13.2. The molecule has 1 unspecified atom stereocenters. The van der Waals surface area contributed by atoms with E-state index < -0.39 is 0 Å². The number of aryl methyl sites for hydroxylation is 2. The third kappa shape index (κ3) is 3.38. The normalized spacial score (nSPS) is 12.6. The van der Waals surface area contributed by atoms with Gasteiger partial charge in [-0.3, -0.25) is 0 Å². The van der Waals surface area contributed by atoms with Gasteiger partial charge in [-0.15, -0.1) is 11.3 Å². The van der Waals surface area contributed by atoms with Gasteiger partial charge in [-0.1, -0.05) is 24.6 Å². The highest BCUT2D eigenvalue weighted by Gasteiger charge is 2.18. The van der Waals surface area contributed by atoms with Gasteiger partial charge >= 0.3 is 0 Å². The topological polar surface area (TPSA) is 12.0 Å². The number of hydrogen-bond acceptors (Lipinski definition) is 2. The van der Waals surface area contributed by atoms with Crippen LogP contribution in [-0.2, 0) is 0 Å². The maximum atomic E-state index is 6.17. The molecule has 1 nitrogen and oxygen atoms in total. The van der Waals surface area contributed by atoms with Gasteiger partial charge < -0.3 is 5.32 Å². The van der Waals surface area contributed by atoms with Gasteiger partial charge in [-0.05, 0) is 67.1 Å². The van der Waals surface area contributed by atoms with Crippen LogP contribution in [0.1, 0.15) is 41.0 Å². The monoisotopic (exact) mass is 293 g/mol. The lowest BCUT2D eigenvalue weighted by Gasteiger charge is -2.21. The van der Waals surface area contributed by atoms with E-state index in [9.17, 15) is 0 Å². The summed E-state index contributed by atoms with van der Waals surface area (Å²) in [4.78, 5) is 1.39. The second-order valence-electron chi connectivity index (χ2n) is 4.86. The highest BCUT2D eigenvalue weighted by atomic mass is 35.5. The molecule has 0 aliphatic heterocycles. The summed E-state index contributed by atoms with van der Waals surface area (Å²) in [6, 6.07) is 8.57. The Morgan fingerprint density at radius 1 is 1.21 bits per heavy atom. The molecule has 102 valence electrons. The van der Waals surface area contributed by atoms with Crippen molar-refractivity contribution in [3.63, 3.8) is 0 Å². The van der Waals surface area contributed by atoms with Crippen molar-refractivity contribution < 1.29 is 0 Å². The van der Waals surface area contributed by atoms with Crippen LogP contribution >= 0.6 is 22.9 Å². The van der Waals surface area contributed by atoms with Gasteiger partial charge in [0.15, 0.2) is 0 Å². The van der Waals surface area contributed by atoms with Crippen LogP contribution in [0.2, 0.25) is 5.02 Å². The zero-order chi connectivity index (χ0) is 13.8. The van der Waals surface area contributed by atoms with Crippen LogP contribution in [0.5, 0.6) is 0 Å². The second kappa shape index (κ2) is 6.56. The van der Waals surface area contributed by atoms with Gasteiger partial charge in [-0.2, -0.15) is 0 Å². The summed E-state index contributed by atoms with van der Waals surface area (Å²) in [5.74, 6) is 0. The molecule has 2 aromatic rings. The highest BCUT2D eigenvalue weighted by molar-refractivity contribution is 7.10. The van der Waals surface area contributed by atoms with E-state index in [1.165, 1.54) is 21.6 Å². The first-order valence-electron chi connectivity index (χ1n) is 6.67. The second-order valence-corrected chi connectivity index (χ2v) is 6.24. The van der Waals surface area contributed by atoms with E-state index in [1.807, 2.05) is 17.4 Å². The molecule has 0 bridgehead atoms. The molecule has 0 saturated heterocycles. The average Bonchev–Trinajstić information content (AvgIpc) is 2.80. The number of thiophene rings is 1. The molecule has 0 radical (unpaired) electrons. The average molecular weight is 294 g/mol. The molecule has 1 atom stereocenters. The fraction of sp³-hybridized carbons (Fsp3) is 0.375. The maximum Gasteiger partial charge on any atom is 0.0676 e. The van der Waals surface area contributed by atoms with E-state index in [4.69, 9.17) is 11.6 Å². The lowest BCUT2D eigenvalue weighted by Crippen LogP contribution is -2.23. The Morgan fingerprint density at radius 2 is 2.00 bits per heavy atom. The van der Waals surface area contributed by atoms with E-state index in [0.29, 0.717) is 0 Å². The van der Waals surface area contributed by atoms with Crippen molar-refractivity contribution in [1.82, 2.24) is 5.32 Å². The Morgan fingerprint density at radius 3 is 2.63 bits per heavy atom. The molecule has 0 amide bonds. The Labute approximate surface area is 124 Å². The van der Waals surface area contributed by atoms with Gasteiger partial charge in [-0.25, -0.2) is 0 Å². The molecule has 0 spiro atoms. The molecule has 1 aromatic heterocycles. The number of nitrogens with one attached hydrogen (secondary N) is 1. The number of benzene rings is 1. The molecule has 3 heteroatoms. The Kier molecular flexibility index (Phi) is 5.03. The lowest BCUT2D eigenvalue weighted by molar-refractivity contribution is 0.601. The van der Waals surface area contributed by atoms with E-state index in [-0.39, 0.29) is 6.04 Å². The van der Waals surface area contributed by atoms with Crippen LogP contribution in [0.25, 0.3) is 0 Å². The minimum absolute atomic E-state index is 0.249. The van der Waals surface area contributed by atoms with Crippen LogP contribution < -0.4 is 5.32 Å². The van der Waals surface area contributed by atoms with Crippen LogP contribution in [0, 0.1) is 13.8 Å². The SMILES string of the molecule is CCCNC(c1cc(Cl)ccc1C)c1sccc1C. The van der Waals surface area contributed by atoms with Crippen molar-refractivity contribution in [2.24, 2.45) is 0 Å². The van der Waals surface area contributed by atoms with Gasteiger partial charge in [0.05, 0.1) is 6.04 Å². The van der Waals surface area contributed by atoms with Gasteiger partial charge in [0.25, 0.3) is 0 Å². The number of rotatable bonds is 5. The molecule has 0 aliphatic rings. The standard InChI is InChI=1S/C16H20ClNS/c1-4-8-18-15(16-12(3)7-9-19-16)14-10-13(17)6-5-11(14)2/h5-7,9-10,15,18H,4,8H2,1-3H3.